The Morgan fingerprint density at radius 2 is 1.39 bits per heavy atom. The SMILES string of the molecule is C[C@H]1CC[C@H]2C(C(=O)O[C@@H]3O[C@H](CO)[C@@H](O)[C@H](O)[C@H]3O)=CO[C@H](O[C@@H]3O[C@H](CO)[C@@H](O)[C@H](O)[C@H]3O)[C@@H]12. The van der Waals surface area contributed by atoms with Gasteiger partial charge in [-0.3, -0.25) is 0 Å². The topological polar surface area (TPSA) is 225 Å². The molecule has 14 nitrogen and oxygen atoms in total. The molecule has 3 fully saturated rings. The fourth-order valence-electron chi connectivity index (χ4n) is 5.34. The van der Waals surface area contributed by atoms with Gasteiger partial charge in [0.05, 0.1) is 25.0 Å². The summed E-state index contributed by atoms with van der Waals surface area (Å²) in [6.07, 6.45) is -13.9. The maximum atomic E-state index is 13.0. The van der Waals surface area contributed by atoms with E-state index in [0.717, 1.165) is 6.26 Å². The van der Waals surface area contributed by atoms with Gasteiger partial charge in [-0.25, -0.2) is 4.79 Å². The summed E-state index contributed by atoms with van der Waals surface area (Å²) in [5.74, 6) is -1.72. The molecule has 0 aromatic rings. The summed E-state index contributed by atoms with van der Waals surface area (Å²) in [5.41, 5.74) is 0.120. The highest BCUT2D eigenvalue weighted by Gasteiger charge is 2.52. The van der Waals surface area contributed by atoms with E-state index in [2.05, 4.69) is 0 Å². The van der Waals surface area contributed by atoms with Crippen LogP contribution in [-0.2, 0) is 28.5 Å². The Morgan fingerprint density at radius 1 is 0.833 bits per heavy atom. The van der Waals surface area contributed by atoms with E-state index in [1.54, 1.807) is 0 Å². The molecular formula is C22H34O14. The number of hydrogen-bond acceptors (Lipinski definition) is 14. The van der Waals surface area contributed by atoms with Gasteiger partial charge in [0.25, 0.3) is 0 Å². The highest BCUT2D eigenvalue weighted by atomic mass is 16.8. The maximum absolute atomic E-state index is 13.0. The van der Waals surface area contributed by atoms with Crippen molar-refractivity contribution >= 4 is 5.97 Å². The van der Waals surface area contributed by atoms with Gasteiger partial charge in [-0.05, 0) is 18.8 Å². The number of hydrogen-bond donors (Lipinski definition) is 8. The number of aliphatic hydroxyl groups is 8. The molecule has 0 bridgehead atoms. The van der Waals surface area contributed by atoms with Crippen LogP contribution in [0.25, 0.3) is 0 Å². The molecule has 0 aromatic carbocycles. The summed E-state index contributed by atoms with van der Waals surface area (Å²) in [6.45, 7) is 0.625. The zero-order chi connectivity index (χ0) is 26.3. The van der Waals surface area contributed by atoms with Crippen LogP contribution < -0.4 is 0 Å². The molecule has 0 amide bonds. The Kier molecular flexibility index (Phi) is 8.53. The van der Waals surface area contributed by atoms with E-state index in [1.807, 2.05) is 6.92 Å². The summed E-state index contributed by atoms with van der Waals surface area (Å²) < 4.78 is 27.4. The first kappa shape index (κ1) is 27.6. The van der Waals surface area contributed by atoms with E-state index in [4.69, 9.17) is 23.7 Å². The molecule has 14 atom stereocenters. The molecule has 0 radical (unpaired) electrons. The summed E-state index contributed by atoms with van der Waals surface area (Å²) in [7, 11) is 0. The Bertz CT molecular complexity index is 804. The predicted octanol–water partition coefficient (Wildman–Crippen LogP) is -3.95. The average molecular weight is 523 g/mol. The minimum atomic E-state index is -1.75. The number of carbonyl (C=O) groups excluding carboxylic acids is 1. The van der Waals surface area contributed by atoms with Crippen LogP contribution in [0.4, 0.5) is 0 Å². The van der Waals surface area contributed by atoms with Gasteiger partial charge in [-0.1, -0.05) is 6.92 Å². The van der Waals surface area contributed by atoms with Crippen molar-refractivity contribution in [3.05, 3.63) is 11.8 Å². The fraction of sp³-hybridized carbons (Fsp3) is 0.864. The van der Waals surface area contributed by atoms with Crippen molar-refractivity contribution in [1.82, 2.24) is 0 Å². The van der Waals surface area contributed by atoms with Gasteiger partial charge < -0.3 is 64.5 Å². The van der Waals surface area contributed by atoms with Crippen LogP contribution in [0.3, 0.4) is 0 Å². The smallest absolute Gasteiger partial charge is 0.339 e. The Labute approximate surface area is 206 Å². The third-order valence-electron chi connectivity index (χ3n) is 7.52. The third-order valence-corrected chi connectivity index (χ3v) is 7.52. The van der Waals surface area contributed by atoms with Gasteiger partial charge in [0.2, 0.25) is 12.6 Å². The van der Waals surface area contributed by atoms with Crippen LogP contribution in [0.1, 0.15) is 19.8 Å². The highest BCUT2D eigenvalue weighted by Crippen LogP contribution is 2.47. The third kappa shape index (κ3) is 5.00. The minimum absolute atomic E-state index is 0.00588. The van der Waals surface area contributed by atoms with Crippen molar-refractivity contribution in [2.75, 3.05) is 13.2 Å². The largest absolute Gasteiger partial charge is 0.472 e. The number of fused-ring (bicyclic) bond motifs is 1. The number of ether oxygens (including phenoxy) is 5. The van der Waals surface area contributed by atoms with E-state index >= 15 is 0 Å². The zero-order valence-electron chi connectivity index (χ0n) is 19.5. The molecule has 0 spiro atoms. The zero-order valence-corrected chi connectivity index (χ0v) is 19.5. The molecule has 0 unspecified atom stereocenters. The lowest BCUT2D eigenvalue weighted by molar-refractivity contribution is -0.342. The molecule has 206 valence electrons. The van der Waals surface area contributed by atoms with Gasteiger partial charge in [-0.15, -0.1) is 0 Å². The number of esters is 1. The molecule has 8 N–H and O–H groups in total. The van der Waals surface area contributed by atoms with Crippen LogP contribution in [-0.4, -0.2) is 128 Å². The lowest BCUT2D eigenvalue weighted by Crippen LogP contribution is -2.60. The predicted molar refractivity (Wildman–Crippen MR) is 113 cm³/mol. The lowest BCUT2D eigenvalue weighted by Gasteiger charge is -2.43. The monoisotopic (exact) mass is 522 g/mol. The number of aliphatic hydroxyl groups excluding tert-OH is 8. The first-order chi connectivity index (χ1) is 17.1. The van der Waals surface area contributed by atoms with Crippen molar-refractivity contribution in [3.8, 4) is 0 Å². The number of carbonyl (C=O) groups is 1. The van der Waals surface area contributed by atoms with E-state index in [0.29, 0.717) is 12.8 Å². The normalized spacial score (nSPS) is 49.1. The van der Waals surface area contributed by atoms with Crippen LogP contribution >= 0.6 is 0 Å². The molecule has 4 aliphatic rings. The molecule has 3 heterocycles. The lowest BCUT2D eigenvalue weighted by atomic mass is 9.83. The molecule has 2 saturated heterocycles. The molecule has 36 heavy (non-hydrogen) atoms. The fourth-order valence-corrected chi connectivity index (χ4v) is 5.34. The quantitative estimate of drug-likeness (QED) is 0.156. The van der Waals surface area contributed by atoms with Gasteiger partial charge >= 0.3 is 5.97 Å². The van der Waals surface area contributed by atoms with E-state index < -0.39 is 98.7 Å². The molecule has 14 heteroatoms. The van der Waals surface area contributed by atoms with Crippen LogP contribution in [0.5, 0.6) is 0 Å². The molecule has 1 saturated carbocycles. The van der Waals surface area contributed by atoms with E-state index in [9.17, 15) is 45.6 Å². The van der Waals surface area contributed by atoms with Gasteiger partial charge in [0, 0.05) is 11.8 Å². The summed E-state index contributed by atoms with van der Waals surface area (Å²) >= 11 is 0. The molecule has 0 aromatic heterocycles. The average Bonchev–Trinajstić information content (AvgIpc) is 3.26. The van der Waals surface area contributed by atoms with Gasteiger partial charge in [0.1, 0.15) is 48.8 Å². The van der Waals surface area contributed by atoms with Crippen LogP contribution in [0, 0.1) is 17.8 Å². The van der Waals surface area contributed by atoms with Gasteiger partial charge in [0.15, 0.2) is 6.29 Å². The first-order valence-electron chi connectivity index (χ1n) is 11.9. The summed E-state index contributed by atoms with van der Waals surface area (Å²) in [5, 5.41) is 79.1. The Hall–Kier alpha value is -1.43. The molecule has 1 aliphatic carbocycles. The van der Waals surface area contributed by atoms with Crippen molar-refractivity contribution in [2.45, 2.75) is 87.5 Å². The Balaban J connectivity index is 1.47. The second-order valence-electron chi connectivity index (χ2n) is 9.75. The van der Waals surface area contributed by atoms with Crippen molar-refractivity contribution in [3.63, 3.8) is 0 Å². The van der Waals surface area contributed by atoms with Gasteiger partial charge in [-0.2, -0.15) is 0 Å². The van der Waals surface area contributed by atoms with Crippen LogP contribution in [0.2, 0.25) is 0 Å². The molecular weight excluding hydrogens is 488 g/mol. The summed E-state index contributed by atoms with van der Waals surface area (Å²) in [6, 6.07) is 0. The Morgan fingerprint density at radius 3 is 1.97 bits per heavy atom. The standard InChI is InChI=1S/C22H34O14/c1-7-2-3-8-9(19(31)35-21-17(29)15(27)13(25)10(4-23)33-21)6-32-20(12(7)8)36-22-18(30)16(28)14(26)11(5-24)34-22/h6-8,10-18,20-30H,2-5H2,1H3/t7-,8-,10+,11+,12-,13+,14+,15-,16-,17+,18+,20+,21-,22-/m0/s1. The van der Waals surface area contributed by atoms with Crippen molar-refractivity contribution < 1.29 is 69.3 Å². The molecule has 3 aliphatic heterocycles. The minimum Gasteiger partial charge on any atom is -0.472 e. The second kappa shape index (κ2) is 11.1. The first-order valence-corrected chi connectivity index (χ1v) is 11.9. The van der Waals surface area contributed by atoms with Crippen molar-refractivity contribution in [2.24, 2.45) is 17.8 Å². The maximum Gasteiger partial charge on any atom is 0.339 e. The van der Waals surface area contributed by atoms with E-state index in [1.165, 1.54) is 0 Å². The second-order valence-corrected chi connectivity index (χ2v) is 9.75. The molecule has 4 rings (SSSR count). The number of rotatable bonds is 6. The van der Waals surface area contributed by atoms with E-state index in [-0.39, 0.29) is 11.5 Å². The van der Waals surface area contributed by atoms with Crippen LogP contribution in [0.15, 0.2) is 11.8 Å². The van der Waals surface area contributed by atoms with Crippen molar-refractivity contribution in [1.29, 1.82) is 0 Å². The highest BCUT2D eigenvalue weighted by molar-refractivity contribution is 5.89. The summed E-state index contributed by atoms with van der Waals surface area (Å²) in [4.78, 5) is 13.0.